The van der Waals surface area contributed by atoms with Gasteiger partial charge in [-0.3, -0.25) is 4.79 Å². The van der Waals surface area contributed by atoms with E-state index in [4.69, 9.17) is 16.5 Å². The van der Waals surface area contributed by atoms with Crippen molar-refractivity contribution in [2.45, 2.75) is 62.2 Å². The van der Waals surface area contributed by atoms with Crippen molar-refractivity contribution in [2.75, 3.05) is 6.61 Å². The zero-order valence-electron chi connectivity index (χ0n) is 12.8. The smallest absolute Gasteiger partial charge is 0.330 e. The van der Waals surface area contributed by atoms with Crippen LogP contribution in [0.5, 0.6) is 0 Å². The summed E-state index contributed by atoms with van der Waals surface area (Å²) < 4.78 is 28.9. The molecule has 2 saturated heterocycles. The van der Waals surface area contributed by atoms with Crippen LogP contribution in [0.2, 0.25) is 0 Å². The van der Waals surface area contributed by atoms with E-state index in [-0.39, 0.29) is 6.61 Å². The van der Waals surface area contributed by atoms with E-state index in [2.05, 4.69) is 4.84 Å². The van der Waals surface area contributed by atoms with E-state index in [1.807, 2.05) is 6.92 Å². The number of nitrogens with zero attached hydrogens (tertiary/aromatic N) is 1. The number of sulfone groups is 1. The van der Waals surface area contributed by atoms with Gasteiger partial charge in [0.2, 0.25) is 5.91 Å². The van der Waals surface area contributed by atoms with Gasteiger partial charge in [0.1, 0.15) is 16.8 Å². The van der Waals surface area contributed by atoms with Crippen molar-refractivity contribution in [1.29, 1.82) is 0 Å². The number of fused-ring (bicyclic) bond motifs is 1. The SMILES string of the molecule is CCCCCOC(=O)[C@@H]1N2C(=O)[C@@H](NCl)[C@H]2S(=O)(=O)C1(C)C. The molecule has 0 unspecified atom stereocenters. The van der Waals surface area contributed by atoms with Crippen molar-refractivity contribution in [2.24, 2.45) is 0 Å². The first kappa shape index (κ1) is 17.5. The highest BCUT2D eigenvalue weighted by Gasteiger charge is 2.72. The van der Waals surface area contributed by atoms with Gasteiger partial charge in [-0.1, -0.05) is 19.8 Å². The van der Waals surface area contributed by atoms with Gasteiger partial charge >= 0.3 is 5.97 Å². The molecule has 2 aliphatic rings. The Hall–Kier alpha value is -0.860. The number of ether oxygens (including phenoxy) is 1. The molecule has 0 radical (unpaired) electrons. The third-order valence-corrected chi connectivity index (χ3v) is 7.46. The van der Waals surface area contributed by atoms with E-state index in [0.717, 1.165) is 17.7 Å². The van der Waals surface area contributed by atoms with Gasteiger partial charge in [0.05, 0.1) is 6.61 Å². The molecule has 3 atom stereocenters. The summed E-state index contributed by atoms with van der Waals surface area (Å²) in [4.78, 5) is 27.6. The summed E-state index contributed by atoms with van der Waals surface area (Å²) in [5.41, 5.74) is 0. The van der Waals surface area contributed by atoms with Crippen LogP contribution in [0.3, 0.4) is 0 Å². The number of nitrogens with one attached hydrogen (secondary N) is 1. The Morgan fingerprint density at radius 1 is 1.41 bits per heavy atom. The number of unbranched alkanes of at least 4 members (excludes halogenated alkanes) is 2. The van der Waals surface area contributed by atoms with Crippen molar-refractivity contribution in [3.63, 3.8) is 0 Å². The molecule has 0 aliphatic carbocycles. The fourth-order valence-corrected chi connectivity index (χ4v) is 5.49. The molecule has 0 saturated carbocycles. The molecular formula is C13H21ClN2O5S. The molecule has 2 heterocycles. The van der Waals surface area contributed by atoms with Gasteiger partial charge in [-0.05, 0) is 32.0 Å². The molecule has 22 heavy (non-hydrogen) atoms. The minimum Gasteiger partial charge on any atom is -0.464 e. The number of rotatable bonds is 6. The summed E-state index contributed by atoms with van der Waals surface area (Å²) in [5.74, 6) is -1.17. The largest absolute Gasteiger partial charge is 0.464 e. The van der Waals surface area contributed by atoms with Gasteiger partial charge in [-0.15, -0.1) is 0 Å². The number of hydrogen-bond acceptors (Lipinski definition) is 6. The zero-order valence-corrected chi connectivity index (χ0v) is 14.4. The van der Waals surface area contributed by atoms with Crippen molar-refractivity contribution in [3.05, 3.63) is 0 Å². The second-order valence-corrected chi connectivity index (χ2v) is 8.99. The molecule has 9 heteroatoms. The second kappa shape index (κ2) is 5.98. The van der Waals surface area contributed by atoms with E-state index in [1.165, 1.54) is 13.8 Å². The summed E-state index contributed by atoms with van der Waals surface area (Å²) in [6, 6.07) is -2.14. The van der Waals surface area contributed by atoms with Crippen LogP contribution in [0, 0.1) is 0 Å². The maximum absolute atomic E-state index is 12.6. The molecule has 0 spiro atoms. The van der Waals surface area contributed by atoms with Gasteiger partial charge in [0.15, 0.2) is 15.2 Å². The van der Waals surface area contributed by atoms with Crippen molar-refractivity contribution >= 4 is 33.5 Å². The zero-order chi connectivity index (χ0) is 16.7. The number of hydrogen-bond donors (Lipinski definition) is 1. The Bertz CT molecular complexity index is 577. The van der Waals surface area contributed by atoms with Gasteiger partial charge in [0, 0.05) is 0 Å². The second-order valence-electron chi connectivity index (χ2n) is 6.15. The van der Waals surface area contributed by atoms with Gasteiger partial charge in [-0.25, -0.2) is 18.0 Å². The van der Waals surface area contributed by atoms with E-state index >= 15 is 0 Å². The highest BCUT2D eigenvalue weighted by atomic mass is 35.5. The normalized spacial score (nSPS) is 31.5. The fourth-order valence-electron chi connectivity index (χ4n) is 2.99. The number of β-lactam (4-membered cyclic amide) rings is 1. The van der Waals surface area contributed by atoms with Crippen LogP contribution in [0.4, 0.5) is 0 Å². The third kappa shape index (κ3) is 2.32. The number of amides is 1. The number of carbonyl (C=O) groups excluding carboxylic acids is 2. The van der Waals surface area contributed by atoms with Gasteiger partial charge in [-0.2, -0.15) is 0 Å². The highest BCUT2D eigenvalue weighted by Crippen LogP contribution is 2.46. The standard InChI is InChI=1S/C13H21ClN2O5S/c1-4-5-6-7-21-12(18)9-13(2,3)22(19,20)11-8(15-14)10(17)16(9)11/h8-9,11,15H,4-7H2,1-3H3/t8-,9+,11-/m1/s1. The van der Waals surface area contributed by atoms with Crippen molar-refractivity contribution < 1.29 is 22.7 Å². The predicted octanol–water partition coefficient (Wildman–Crippen LogP) is 0.576. The quantitative estimate of drug-likeness (QED) is 0.325. The number of halogens is 1. The Morgan fingerprint density at radius 2 is 2.05 bits per heavy atom. The van der Waals surface area contributed by atoms with E-state index in [0.29, 0.717) is 6.42 Å². The van der Waals surface area contributed by atoms with Crippen molar-refractivity contribution in [3.8, 4) is 0 Å². The molecule has 2 aliphatic heterocycles. The molecule has 0 bridgehead atoms. The van der Waals surface area contributed by atoms with Crippen LogP contribution in [-0.2, 0) is 24.2 Å². The lowest BCUT2D eigenvalue weighted by Crippen LogP contribution is -2.70. The summed E-state index contributed by atoms with van der Waals surface area (Å²) in [7, 11) is -3.73. The third-order valence-electron chi connectivity index (χ3n) is 4.40. The lowest BCUT2D eigenvalue weighted by molar-refractivity contribution is -0.163. The first-order chi connectivity index (χ1) is 10.2. The Morgan fingerprint density at radius 3 is 2.59 bits per heavy atom. The number of esters is 1. The first-order valence-corrected chi connectivity index (χ1v) is 9.22. The summed E-state index contributed by atoms with van der Waals surface area (Å²) >= 11 is 5.45. The maximum atomic E-state index is 12.6. The fraction of sp³-hybridized carbons (Fsp3) is 0.846. The van der Waals surface area contributed by atoms with Crippen LogP contribution >= 0.6 is 11.8 Å². The Kier molecular flexibility index (Phi) is 4.75. The average molecular weight is 353 g/mol. The topological polar surface area (TPSA) is 92.8 Å². The molecular weight excluding hydrogens is 332 g/mol. The van der Waals surface area contributed by atoms with E-state index < -0.39 is 43.9 Å². The Labute approximate surface area is 135 Å². The van der Waals surface area contributed by atoms with Crippen LogP contribution in [0.25, 0.3) is 0 Å². The van der Waals surface area contributed by atoms with E-state index in [1.54, 1.807) is 0 Å². The monoisotopic (exact) mass is 352 g/mol. The lowest BCUT2D eigenvalue weighted by atomic mass is 9.96. The van der Waals surface area contributed by atoms with Crippen LogP contribution < -0.4 is 4.84 Å². The summed E-state index contributed by atoms with van der Waals surface area (Å²) in [6.07, 6.45) is 2.62. The highest BCUT2D eigenvalue weighted by molar-refractivity contribution is 7.94. The maximum Gasteiger partial charge on any atom is 0.330 e. The molecule has 1 amide bonds. The lowest BCUT2D eigenvalue weighted by Gasteiger charge is -2.41. The van der Waals surface area contributed by atoms with Crippen LogP contribution in [0.15, 0.2) is 0 Å². The molecule has 1 N–H and O–H groups in total. The van der Waals surface area contributed by atoms with Crippen LogP contribution in [-0.4, -0.2) is 54.0 Å². The van der Waals surface area contributed by atoms with Gasteiger partial charge < -0.3 is 9.64 Å². The Balaban J connectivity index is 2.21. The van der Waals surface area contributed by atoms with Crippen molar-refractivity contribution in [1.82, 2.24) is 9.74 Å². The molecule has 0 aromatic carbocycles. The minimum absolute atomic E-state index is 0.225. The van der Waals surface area contributed by atoms with E-state index in [9.17, 15) is 18.0 Å². The predicted molar refractivity (Wildman–Crippen MR) is 80.7 cm³/mol. The molecule has 2 fully saturated rings. The summed E-state index contributed by atoms with van der Waals surface area (Å²) in [6.45, 7) is 5.13. The molecule has 0 aromatic rings. The molecule has 0 aromatic heterocycles. The average Bonchev–Trinajstić information content (AvgIpc) is 2.58. The first-order valence-electron chi connectivity index (χ1n) is 7.30. The minimum atomic E-state index is -3.73. The van der Waals surface area contributed by atoms with Crippen LogP contribution in [0.1, 0.15) is 40.0 Å². The molecule has 2 rings (SSSR count). The van der Waals surface area contributed by atoms with Gasteiger partial charge in [0.25, 0.3) is 0 Å². The summed E-state index contributed by atoms with van der Waals surface area (Å²) in [5, 5.41) is -1.11. The molecule has 7 nitrogen and oxygen atoms in total. The molecule has 126 valence electrons. The number of carbonyl (C=O) groups is 2.